The quantitative estimate of drug-likeness (QED) is 0.468. The van der Waals surface area contributed by atoms with Crippen LogP contribution in [0, 0.1) is 0 Å². The highest BCUT2D eigenvalue weighted by Gasteiger charge is 2.14. The lowest BCUT2D eigenvalue weighted by Crippen LogP contribution is -2.37. The van der Waals surface area contributed by atoms with Crippen LogP contribution in [0.25, 0.3) is 0 Å². The lowest BCUT2D eigenvalue weighted by molar-refractivity contribution is 0.0667. The highest BCUT2D eigenvalue weighted by Crippen LogP contribution is 2.28. The molecule has 3 N–H and O–H groups in total. The monoisotopic (exact) mass is 370 g/mol. The summed E-state index contributed by atoms with van der Waals surface area (Å²) >= 11 is 0. The van der Waals surface area contributed by atoms with Gasteiger partial charge in [0.15, 0.2) is 11.5 Å². The molecule has 1 aromatic carbocycles. The summed E-state index contributed by atoms with van der Waals surface area (Å²) in [6, 6.07) is 5.98. The van der Waals surface area contributed by atoms with Crippen molar-refractivity contribution in [1.29, 1.82) is 0 Å². The zero-order valence-electron chi connectivity index (χ0n) is 16.4. The molecule has 0 aliphatic rings. The Morgan fingerprint density at radius 3 is 2.27 bits per heavy atom. The summed E-state index contributed by atoms with van der Waals surface area (Å²) in [7, 11) is 3.54. The van der Waals surface area contributed by atoms with Crippen LogP contribution in [0.4, 0.5) is 0 Å². The lowest BCUT2D eigenvalue weighted by atomic mass is 10.2. The topological polar surface area (TPSA) is 85.6 Å². The second-order valence-corrected chi connectivity index (χ2v) is 6.71. The first kappa shape index (κ1) is 22.7. The maximum absolute atomic E-state index is 10.2. The molecule has 0 bridgehead atoms. The molecular weight excluding hydrogens is 336 g/mol. The highest BCUT2D eigenvalue weighted by atomic mass is 16.5. The Hall–Kier alpha value is -1.38. The van der Waals surface area contributed by atoms with Crippen LogP contribution in [0.1, 0.15) is 19.4 Å². The zero-order chi connectivity index (χ0) is 19.5. The number of aliphatic hydroxyl groups excluding tert-OH is 3. The van der Waals surface area contributed by atoms with E-state index in [0.717, 1.165) is 5.56 Å². The molecule has 0 fully saturated rings. The van der Waals surface area contributed by atoms with Gasteiger partial charge in [-0.25, -0.2) is 0 Å². The van der Waals surface area contributed by atoms with E-state index in [0.29, 0.717) is 43.7 Å². The first-order valence-corrected chi connectivity index (χ1v) is 9.03. The van der Waals surface area contributed by atoms with E-state index in [1.807, 2.05) is 30.1 Å². The molecule has 0 radical (unpaired) electrons. The van der Waals surface area contributed by atoms with Gasteiger partial charge in [0.05, 0.1) is 20.3 Å². The van der Waals surface area contributed by atoms with E-state index in [1.54, 1.807) is 7.11 Å². The van der Waals surface area contributed by atoms with Crippen LogP contribution in [0.2, 0.25) is 0 Å². The van der Waals surface area contributed by atoms with E-state index in [-0.39, 0.29) is 19.8 Å². The van der Waals surface area contributed by atoms with E-state index >= 15 is 0 Å². The van der Waals surface area contributed by atoms with Crippen molar-refractivity contribution < 1.29 is 24.8 Å². The average molecular weight is 370 g/mol. The van der Waals surface area contributed by atoms with Crippen LogP contribution >= 0.6 is 0 Å². The number of benzene rings is 1. The van der Waals surface area contributed by atoms with Crippen molar-refractivity contribution in [3.63, 3.8) is 0 Å². The first-order chi connectivity index (χ1) is 12.4. The summed E-state index contributed by atoms with van der Waals surface area (Å²) < 4.78 is 11.1. The van der Waals surface area contributed by atoms with Crippen molar-refractivity contribution in [3.05, 3.63) is 23.8 Å². The molecule has 1 unspecified atom stereocenters. The second kappa shape index (κ2) is 12.1. The normalized spacial score (nSPS) is 12.8. The van der Waals surface area contributed by atoms with Crippen LogP contribution in [-0.2, 0) is 6.54 Å². The fourth-order valence-electron chi connectivity index (χ4n) is 2.53. The maximum atomic E-state index is 10.2. The molecule has 0 aromatic heterocycles. The first-order valence-electron chi connectivity index (χ1n) is 9.03. The van der Waals surface area contributed by atoms with E-state index in [9.17, 15) is 5.11 Å². The fraction of sp³-hybridized carbons (Fsp3) is 0.684. The van der Waals surface area contributed by atoms with Gasteiger partial charge in [0.25, 0.3) is 0 Å². The molecule has 0 amide bonds. The molecule has 1 rings (SSSR count). The molecule has 150 valence electrons. The minimum atomic E-state index is -0.601. The smallest absolute Gasteiger partial charge is 0.161 e. The van der Waals surface area contributed by atoms with Gasteiger partial charge in [-0.05, 0) is 38.6 Å². The molecule has 0 aliphatic heterocycles. The Labute approximate surface area is 156 Å². The maximum Gasteiger partial charge on any atom is 0.161 e. The van der Waals surface area contributed by atoms with Gasteiger partial charge in [-0.1, -0.05) is 6.07 Å². The SMILES string of the molecule is COc1ccc(CN(CCO)CCO)cc1OCC(O)CN(C)C(C)C. The van der Waals surface area contributed by atoms with Crippen LogP contribution in [0.5, 0.6) is 11.5 Å². The molecule has 7 heteroatoms. The summed E-state index contributed by atoms with van der Waals surface area (Å²) in [5, 5.41) is 28.4. The molecule has 7 nitrogen and oxygen atoms in total. The van der Waals surface area contributed by atoms with Gasteiger partial charge >= 0.3 is 0 Å². The van der Waals surface area contributed by atoms with Crippen molar-refractivity contribution in [2.75, 3.05) is 53.6 Å². The van der Waals surface area contributed by atoms with Crippen LogP contribution in [-0.4, -0.2) is 90.9 Å². The Bertz CT molecular complexity index is 507. The van der Waals surface area contributed by atoms with Gasteiger partial charge in [0.2, 0.25) is 0 Å². The van der Waals surface area contributed by atoms with Gasteiger partial charge in [-0.15, -0.1) is 0 Å². The lowest BCUT2D eigenvalue weighted by Gasteiger charge is -2.24. The van der Waals surface area contributed by atoms with Crippen LogP contribution < -0.4 is 9.47 Å². The summed E-state index contributed by atoms with van der Waals surface area (Å²) in [5.41, 5.74) is 0.983. The minimum absolute atomic E-state index is 0.0368. The Morgan fingerprint density at radius 2 is 1.73 bits per heavy atom. The van der Waals surface area contributed by atoms with Gasteiger partial charge in [0.1, 0.15) is 12.7 Å². The Kier molecular flexibility index (Phi) is 10.5. The summed E-state index contributed by atoms with van der Waals surface area (Å²) in [6.45, 7) is 6.49. The van der Waals surface area contributed by atoms with Gasteiger partial charge in [0, 0.05) is 32.2 Å². The molecule has 1 atom stereocenters. The Balaban J connectivity index is 2.73. The van der Waals surface area contributed by atoms with Crippen molar-refractivity contribution in [1.82, 2.24) is 9.80 Å². The highest BCUT2D eigenvalue weighted by molar-refractivity contribution is 5.43. The number of ether oxygens (including phenoxy) is 2. The third-order valence-electron chi connectivity index (χ3n) is 4.28. The van der Waals surface area contributed by atoms with Crippen molar-refractivity contribution in [3.8, 4) is 11.5 Å². The number of rotatable bonds is 13. The number of likely N-dealkylation sites (N-methyl/N-ethyl adjacent to an activating group) is 1. The zero-order valence-corrected chi connectivity index (χ0v) is 16.4. The van der Waals surface area contributed by atoms with Gasteiger partial charge < -0.3 is 29.7 Å². The minimum Gasteiger partial charge on any atom is -0.493 e. The predicted octanol–water partition coefficient (Wildman–Crippen LogP) is 0.562. The molecule has 1 aromatic rings. The van der Waals surface area contributed by atoms with E-state index in [1.165, 1.54) is 0 Å². The van der Waals surface area contributed by atoms with Crippen molar-refractivity contribution in [2.24, 2.45) is 0 Å². The van der Waals surface area contributed by atoms with E-state index < -0.39 is 6.10 Å². The van der Waals surface area contributed by atoms with Crippen molar-refractivity contribution >= 4 is 0 Å². The number of hydrogen-bond acceptors (Lipinski definition) is 7. The molecule has 0 saturated carbocycles. The largest absolute Gasteiger partial charge is 0.493 e. The molecule has 0 saturated heterocycles. The number of methoxy groups -OCH3 is 1. The second-order valence-electron chi connectivity index (χ2n) is 6.71. The number of hydrogen-bond donors (Lipinski definition) is 3. The molecule has 0 heterocycles. The predicted molar refractivity (Wildman–Crippen MR) is 102 cm³/mol. The van der Waals surface area contributed by atoms with Crippen LogP contribution in [0.15, 0.2) is 18.2 Å². The summed E-state index contributed by atoms with van der Waals surface area (Å²) in [4.78, 5) is 4.02. The standard InChI is InChI=1S/C19H34N2O5/c1-15(2)20(3)13-17(24)14-26-19-11-16(5-6-18(19)25-4)12-21(7-9-22)8-10-23/h5-6,11,15,17,22-24H,7-10,12-14H2,1-4H3. The Morgan fingerprint density at radius 1 is 1.08 bits per heavy atom. The van der Waals surface area contributed by atoms with Crippen LogP contribution in [0.3, 0.4) is 0 Å². The third kappa shape index (κ3) is 7.88. The third-order valence-corrected chi connectivity index (χ3v) is 4.28. The van der Waals surface area contributed by atoms with E-state index in [2.05, 4.69) is 18.7 Å². The number of nitrogens with zero attached hydrogens (tertiary/aromatic N) is 2. The summed E-state index contributed by atoms with van der Waals surface area (Å²) in [5.74, 6) is 1.18. The van der Waals surface area contributed by atoms with E-state index in [4.69, 9.17) is 19.7 Å². The molecule has 0 spiro atoms. The fourth-order valence-corrected chi connectivity index (χ4v) is 2.53. The number of aliphatic hydroxyl groups is 3. The van der Waals surface area contributed by atoms with Gasteiger partial charge in [-0.3, -0.25) is 4.90 Å². The molecular formula is C19H34N2O5. The summed E-state index contributed by atoms with van der Waals surface area (Å²) in [6.07, 6.45) is -0.601. The molecule has 26 heavy (non-hydrogen) atoms. The molecule has 0 aliphatic carbocycles. The average Bonchev–Trinajstić information content (AvgIpc) is 2.60. The van der Waals surface area contributed by atoms with Crippen molar-refractivity contribution in [2.45, 2.75) is 32.5 Å². The van der Waals surface area contributed by atoms with Gasteiger partial charge in [-0.2, -0.15) is 0 Å².